The van der Waals surface area contributed by atoms with Gasteiger partial charge in [-0.15, -0.1) is 0 Å². The SMILES string of the molecule is CCCCCC(=O)Nc1ccccc1-c1c2nc(c(-c3ccccc3NC(=O)CCCCC)c3ccc([nH]3)c(-c3ccccc3NC(=O)CCCCC)c3nc(c(-c4ccccc4NC(=O)CCCCC)c4ccc1[nH]4)C=C3)C=C2. The molecule has 0 aliphatic carbocycles. The minimum Gasteiger partial charge on any atom is -0.354 e. The number of H-pyrrole nitrogens is 2. The molecule has 80 heavy (non-hydrogen) atoms. The van der Waals surface area contributed by atoms with Gasteiger partial charge < -0.3 is 31.2 Å². The molecule has 7 aromatic rings. The molecule has 0 saturated heterocycles. The summed E-state index contributed by atoms with van der Waals surface area (Å²) in [6, 6.07) is 39.5. The summed E-state index contributed by atoms with van der Waals surface area (Å²) in [5.74, 6) is -0.260. The predicted molar refractivity (Wildman–Crippen MR) is 332 cm³/mol. The first-order valence-electron chi connectivity index (χ1n) is 28.9. The largest absolute Gasteiger partial charge is 0.354 e. The van der Waals surface area contributed by atoms with Crippen molar-refractivity contribution in [1.29, 1.82) is 0 Å². The molecule has 0 radical (unpaired) electrons. The summed E-state index contributed by atoms with van der Waals surface area (Å²) in [6.45, 7) is 8.50. The minimum absolute atomic E-state index is 0.0650. The normalized spacial score (nSPS) is 11.7. The zero-order chi connectivity index (χ0) is 55.8. The van der Waals surface area contributed by atoms with E-state index in [0.717, 1.165) is 144 Å². The fourth-order valence-electron chi connectivity index (χ4n) is 10.6. The number of benzene rings is 4. The number of nitrogens with zero attached hydrogens (tertiary/aromatic N) is 2. The Morgan fingerprint density at radius 3 is 0.775 bits per heavy atom. The molecule has 4 aromatic carbocycles. The van der Waals surface area contributed by atoms with Crippen molar-refractivity contribution in [3.05, 3.63) is 144 Å². The van der Waals surface area contributed by atoms with Gasteiger partial charge in [-0.25, -0.2) is 9.97 Å². The van der Waals surface area contributed by atoms with Crippen LogP contribution >= 0.6 is 0 Å². The number of carbonyl (C=O) groups is 4. The van der Waals surface area contributed by atoms with Gasteiger partial charge in [0, 0.05) is 115 Å². The highest BCUT2D eigenvalue weighted by Gasteiger charge is 2.24. The fourth-order valence-corrected chi connectivity index (χ4v) is 10.6. The number of anilines is 4. The van der Waals surface area contributed by atoms with Gasteiger partial charge in [0.15, 0.2) is 0 Å². The average Bonchev–Trinajstić information content (AvgIpc) is 4.37. The van der Waals surface area contributed by atoms with Crippen molar-refractivity contribution in [2.24, 2.45) is 0 Å². The van der Waals surface area contributed by atoms with Gasteiger partial charge in [-0.3, -0.25) is 19.2 Å². The maximum atomic E-state index is 13.7. The molecule has 4 amide bonds. The van der Waals surface area contributed by atoms with E-state index in [1.807, 2.05) is 146 Å². The first kappa shape index (κ1) is 56.1. The second-order valence-corrected chi connectivity index (χ2v) is 20.7. The number of carbonyl (C=O) groups excluding carboxylic acids is 4. The molecule has 8 bridgehead atoms. The smallest absolute Gasteiger partial charge is 0.224 e. The van der Waals surface area contributed by atoms with Crippen LogP contribution in [0.25, 0.3) is 90.9 Å². The van der Waals surface area contributed by atoms with E-state index >= 15 is 0 Å². The number of nitrogens with one attached hydrogen (secondary N) is 6. The molecule has 5 heterocycles. The van der Waals surface area contributed by atoms with Crippen molar-refractivity contribution in [2.75, 3.05) is 21.3 Å². The van der Waals surface area contributed by atoms with Crippen LogP contribution in [0.4, 0.5) is 22.7 Å². The van der Waals surface area contributed by atoms with Gasteiger partial charge in [0.2, 0.25) is 23.6 Å². The summed E-state index contributed by atoms with van der Waals surface area (Å²) in [7, 11) is 0. The van der Waals surface area contributed by atoms with Gasteiger partial charge in [0.05, 0.1) is 22.8 Å². The number of unbranched alkanes of at least 4 members (excludes halogenated alkanes) is 8. The van der Waals surface area contributed by atoms with E-state index in [1.165, 1.54) is 0 Å². The molecule has 0 atom stereocenters. The number of fused-ring (bicyclic) bond motifs is 8. The van der Waals surface area contributed by atoms with Gasteiger partial charge in [-0.1, -0.05) is 152 Å². The molecule has 0 unspecified atom stereocenters. The maximum absolute atomic E-state index is 13.7. The lowest BCUT2D eigenvalue weighted by Gasteiger charge is -2.14. The Morgan fingerprint density at radius 2 is 0.550 bits per heavy atom. The van der Waals surface area contributed by atoms with Gasteiger partial charge in [0.25, 0.3) is 0 Å². The molecule has 6 N–H and O–H groups in total. The molecule has 12 nitrogen and oxygen atoms in total. The van der Waals surface area contributed by atoms with Gasteiger partial charge >= 0.3 is 0 Å². The van der Waals surface area contributed by atoms with E-state index in [-0.39, 0.29) is 23.6 Å². The standard InChI is InChI=1S/C68H74N8O4/c1-5-9-13-33-61(77)73-49-29-21-17-25-45(49)65-53-37-39-55(69-53)66(46-26-18-22-30-50(46)74-62(78)34-14-10-6-2)57-41-43-59(71-57)68(48-28-20-24-32-52(48)76-64(80)36-16-12-8-4)60-44-42-58(72-60)67(56-40-38-54(65)70-56)47-27-19-23-31-51(47)75-63(79)35-15-11-7-3/h17-32,37-44,69,72H,5-16,33-36H2,1-4H3,(H,73,77)(H,74,78)(H,75,79)(H,76,80). The minimum atomic E-state index is -0.0650. The molecule has 0 spiro atoms. The van der Waals surface area contributed by atoms with Crippen LogP contribution in [0.15, 0.2) is 121 Å². The third-order valence-corrected chi connectivity index (χ3v) is 14.7. The Morgan fingerprint density at radius 1 is 0.325 bits per heavy atom. The van der Waals surface area contributed by atoms with Crippen molar-refractivity contribution in [1.82, 2.24) is 19.9 Å². The third-order valence-electron chi connectivity index (χ3n) is 14.7. The monoisotopic (exact) mass is 1070 g/mol. The van der Waals surface area contributed by atoms with E-state index in [2.05, 4.69) is 58.9 Å². The summed E-state index contributed by atoms with van der Waals surface area (Å²) < 4.78 is 0. The van der Waals surface area contributed by atoms with Crippen LogP contribution in [0.5, 0.6) is 0 Å². The van der Waals surface area contributed by atoms with Crippen LogP contribution < -0.4 is 21.3 Å². The van der Waals surface area contributed by atoms with Crippen molar-refractivity contribution in [2.45, 2.75) is 130 Å². The van der Waals surface area contributed by atoms with Gasteiger partial charge in [-0.05, 0) is 98.5 Å². The number of amides is 4. The van der Waals surface area contributed by atoms with Crippen LogP contribution in [-0.4, -0.2) is 43.6 Å². The first-order valence-corrected chi connectivity index (χ1v) is 28.9. The summed E-state index contributed by atoms with van der Waals surface area (Å²) in [4.78, 5) is 73.5. The Bertz CT molecular complexity index is 3160. The molecular formula is C68H74N8O4. The lowest BCUT2D eigenvalue weighted by molar-refractivity contribution is -0.117. The number of hydrogen-bond acceptors (Lipinski definition) is 6. The highest BCUT2D eigenvalue weighted by Crippen LogP contribution is 2.43. The number of rotatable bonds is 24. The highest BCUT2D eigenvalue weighted by atomic mass is 16.2. The second kappa shape index (κ2) is 27.3. The summed E-state index contributed by atoms with van der Waals surface area (Å²) in [6.07, 6.45) is 20.6. The molecule has 410 valence electrons. The summed E-state index contributed by atoms with van der Waals surface area (Å²) in [5.41, 5.74) is 14.2. The number of aromatic nitrogens is 4. The summed E-state index contributed by atoms with van der Waals surface area (Å²) in [5, 5.41) is 13.0. The van der Waals surface area contributed by atoms with Crippen LogP contribution in [-0.2, 0) is 19.2 Å². The van der Waals surface area contributed by atoms with Crippen molar-refractivity contribution in [3.63, 3.8) is 0 Å². The van der Waals surface area contributed by atoms with Crippen LogP contribution in [0.1, 0.15) is 153 Å². The number of aromatic amines is 2. The predicted octanol–water partition coefficient (Wildman–Crippen LogP) is 17.4. The van der Waals surface area contributed by atoms with E-state index in [0.29, 0.717) is 71.2 Å². The third kappa shape index (κ3) is 13.4. The molecule has 12 heteroatoms. The van der Waals surface area contributed by atoms with Crippen molar-refractivity contribution >= 4 is 92.7 Å². The number of hydrogen-bond donors (Lipinski definition) is 6. The second-order valence-electron chi connectivity index (χ2n) is 20.7. The molecule has 3 aromatic heterocycles. The lowest BCUT2D eigenvalue weighted by Crippen LogP contribution is -2.12. The lowest BCUT2D eigenvalue weighted by atomic mass is 10.0. The Hall–Kier alpha value is -8.64. The van der Waals surface area contributed by atoms with Crippen molar-refractivity contribution < 1.29 is 19.2 Å². The molecule has 0 saturated carbocycles. The topological polar surface area (TPSA) is 174 Å². The Kier molecular flexibility index (Phi) is 19.1. The summed E-state index contributed by atoms with van der Waals surface area (Å²) >= 11 is 0. The van der Waals surface area contributed by atoms with Crippen LogP contribution in [0, 0.1) is 0 Å². The van der Waals surface area contributed by atoms with Gasteiger partial charge in [0.1, 0.15) is 0 Å². The molecule has 2 aliphatic heterocycles. The van der Waals surface area contributed by atoms with Crippen LogP contribution in [0.2, 0.25) is 0 Å². The quantitative estimate of drug-likeness (QED) is 0.0329. The van der Waals surface area contributed by atoms with E-state index < -0.39 is 0 Å². The zero-order valence-corrected chi connectivity index (χ0v) is 46.7. The fraction of sp³-hybridized carbons (Fsp3) is 0.294. The maximum Gasteiger partial charge on any atom is 0.224 e. The molecule has 2 aliphatic rings. The van der Waals surface area contributed by atoms with E-state index in [1.54, 1.807) is 0 Å². The Balaban J connectivity index is 1.38. The Labute approximate surface area is 470 Å². The first-order chi connectivity index (χ1) is 39.2. The number of para-hydroxylation sites is 4. The van der Waals surface area contributed by atoms with Crippen LogP contribution in [0.3, 0.4) is 0 Å². The molecule has 0 fully saturated rings. The van der Waals surface area contributed by atoms with E-state index in [4.69, 9.17) is 9.97 Å². The molecule has 9 rings (SSSR count). The van der Waals surface area contributed by atoms with E-state index in [9.17, 15) is 19.2 Å². The highest BCUT2D eigenvalue weighted by molar-refractivity contribution is 6.07. The van der Waals surface area contributed by atoms with Crippen molar-refractivity contribution in [3.8, 4) is 44.5 Å². The van der Waals surface area contributed by atoms with Gasteiger partial charge in [-0.2, -0.15) is 0 Å². The zero-order valence-electron chi connectivity index (χ0n) is 46.7. The average molecular weight is 1070 g/mol. The molecular weight excluding hydrogens is 993 g/mol.